The molecule has 0 heterocycles. The number of carbonyl (C=O) groups is 1. The Morgan fingerprint density at radius 1 is 0.976 bits per heavy atom. The van der Waals surface area contributed by atoms with Crippen molar-refractivity contribution in [2.45, 2.75) is 37.6 Å². The molecule has 9 nitrogen and oxygen atoms in total. The third-order valence-electron chi connectivity index (χ3n) is 6.19. The summed E-state index contributed by atoms with van der Waals surface area (Å²) in [6, 6.07) is 15.9. The van der Waals surface area contributed by atoms with Gasteiger partial charge in [0.25, 0.3) is 9.84 Å². The first-order chi connectivity index (χ1) is 19.7. The fourth-order valence-corrected chi connectivity index (χ4v) is 7.46. The van der Waals surface area contributed by atoms with Crippen LogP contribution in [0.25, 0.3) is 0 Å². The van der Waals surface area contributed by atoms with Crippen LogP contribution in [-0.4, -0.2) is 76.8 Å². The zero-order valence-corrected chi connectivity index (χ0v) is 24.9. The summed E-state index contributed by atoms with van der Waals surface area (Å²) in [5.41, 5.74) is -1.27. The van der Waals surface area contributed by atoms with Gasteiger partial charge in [-0.1, -0.05) is 30.3 Å². The SMILES string of the molecule is CN(CCO)CCC(CSc1ccccc1)Nc1ccc(S(=O)(=O)c2ccccc2C(N)=O)cc1S(=O)(=O)C(F)(F)F. The minimum atomic E-state index is -6.02. The predicted octanol–water partition coefficient (Wildman–Crippen LogP) is 3.80. The van der Waals surface area contributed by atoms with E-state index in [4.69, 9.17) is 5.73 Å². The maximum Gasteiger partial charge on any atom is 0.501 e. The van der Waals surface area contributed by atoms with Gasteiger partial charge in [0, 0.05) is 23.2 Å². The number of aliphatic hydroxyl groups is 1. The molecule has 0 aromatic heterocycles. The van der Waals surface area contributed by atoms with Crippen molar-refractivity contribution in [1.29, 1.82) is 0 Å². The van der Waals surface area contributed by atoms with E-state index < -0.39 is 63.1 Å². The number of hydrogen-bond acceptors (Lipinski definition) is 9. The van der Waals surface area contributed by atoms with Gasteiger partial charge in [-0.3, -0.25) is 4.79 Å². The molecule has 0 saturated carbocycles. The van der Waals surface area contributed by atoms with Gasteiger partial charge in [0.1, 0.15) is 4.90 Å². The van der Waals surface area contributed by atoms with E-state index in [9.17, 15) is 39.9 Å². The second-order valence-corrected chi connectivity index (χ2v) is 14.2. The summed E-state index contributed by atoms with van der Waals surface area (Å²) < 4.78 is 93.6. The Morgan fingerprint density at radius 3 is 2.24 bits per heavy atom. The number of nitrogens with two attached hydrogens (primary N) is 1. The van der Waals surface area contributed by atoms with Gasteiger partial charge in [-0.05, 0) is 62.5 Å². The summed E-state index contributed by atoms with van der Waals surface area (Å²) in [4.78, 5) is 11.9. The van der Waals surface area contributed by atoms with Crippen molar-refractivity contribution in [2.75, 3.05) is 37.8 Å². The Hall–Kier alpha value is -3.11. The summed E-state index contributed by atoms with van der Waals surface area (Å²) in [5, 5.41) is 12.1. The monoisotopic (exact) mass is 645 g/mol. The van der Waals surface area contributed by atoms with E-state index in [2.05, 4.69) is 5.32 Å². The normalized spacial score (nSPS) is 13.2. The summed E-state index contributed by atoms with van der Waals surface area (Å²) in [6.45, 7) is 0.674. The van der Waals surface area contributed by atoms with E-state index >= 15 is 0 Å². The molecule has 0 saturated heterocycles. The number of benzene rings is 3. The smallest absolute Gasteiger partial charge is 0.395 e. The average molecular weight is 646 g/mol. The highest BCUT2D eigenvalue weighted by molar-refractivity contribution is 7.99. The molecule has 3 aromatic carbocycles. The Morgan fingerprint density at radius 2 is 1.62 bits per heavy atom. The van der Waals surface area contributed by atoms with Crippen LogP contribution in [0.2, 0.25) is 0 Å². The molecule has 0 aliphatic heterocycles. The highest BCUT2D eigenvalue weighted by Crippen LogP contribution is 2.37. The van der Waals surface area contributed by atoms with Crippen molar-refractivity contribution < 1.29 is 39.9 Å². The lowest BCUT2D eigenvalue weighted by Gasteiger charge is -2.25. The fourth-order valence-electron chi connectivity index (χ4n) is 3.96. The number of primary amides is 1. The van der Waals surface area contributed by atoms with Crippen LogP contribution in [0.15, 0.2) is 92.4 Å². The van der Waals surface area contributed by atoms with Crippen LogP contribution in [-0.2, 0) is 19.7 Å². The molecule has 0 spiro atoms. The summed E-state index contributed by atoms with van der Waals surface area (Å²) in [7, 11) is -8.93. The minimum absolute atomic E-state index is 0.101. The lowest BCUT2D eigenvalue weighted by molar-refractivity contribution is -0.0435. The number of amides is 1. The van der Waals surface area contributed by atoms with Gasteiger partial charge in [0.15, 0.2) is 0 Å². The molecule has 3 rings (SSSR count). The summed E-state index contributed by atoms with van der Waals surface area (Å²) in [5.74, 6) is -0.755. The molecule has 0 aliphatic carbocycles. The molecule has 0 radical (unpaired) electrons. The topological polar surface area (TPSA) is 147 Å². The highest BCUT2D eigenvalue weighted by atomic mass is 32.2. The molecule has 228 valence electrons. The molecule has 3 aromatic rings. The van der Waals surface area contributed by atoms with Crippen LogP contribution in [0.1, 0.15) is 16.8 Å². The second-order valence-electron chi connectivity index (χ2n) is 9.25. The molecule has 0 bridgehead atoms. The van der Waals surface area contributed by atoms with E-state index in [1.807, 2.05) is 30.3 Å². The van der Waals surface area contributed by atoms with Gasteiger partial charge in [0.2, 0.25) is 15.7 Å². The summed E-state index contributed by atoms with van der Waals surface area (Å²) >= 11 is 1.40. The number of aliphatic hydroxyl groups excluding tert-OH is 1. The van der Waals surface area contributed by atoms with Crippen LogP contribution >= 0.6 is 11.8 Å². The molecule has 1 unspecified atom stereocenters. The Kier molecular flexibility index (Phi) is 11.1. The van der Waals surface area contributed by atoms with Gasteiger partial charge in [-0.25, -0.2) is 16.8 Å². The third-order valence-corrected chi connectivity index (χ3v) is 10.7. The first-order valence-corrected chi connectivity index (χ1v) is 16.5. The molecule has 1 amide bonds. The zero-order valence-electron chi connectivity index (χ0n) is 22.4. The molecule has 15 heteroatoms. The third kappa shape index (κ3) is 8.04. The Balaban J connectivity index is 2.08. The quantitative estimate of drug-likeness (QED) is 0.223. The second kappa shape index (κ2) is 13.9. The molecule has 1 atom stereocenters. The lowest BCUT2D eigenvalue weighted by atomic mass is 10.2. The Labute approximate surface area is 246 Å². The number of alkyl halides is 3. The molecule has 0 aliphatic rings. The van der Waals surface area contributed by atoms with E-state index in [0.717, 1.165) is 29.2 Å². The number of nitrogens with one attached hydrogen (secondary N) is 1. The number of hydrogen-bond donors (Lipinski definition) is 3. The van der Waals surface area contributed by atoms with Crippen molar-refractivity contribution >= 4 is 43.0 Å². The number of rotatable bonds is 14. The first-order valence-electron chi connectivity index (χ1n) is 12.5. The molecular formula is C27H30F3N3O6S3. The molecule has 4 N–H and O–H groups in total. The number of thioether (sulfide) groups is 1. The van der Waals surface area contributed by atoms with Gasteiger partial charge >= 0.3 is 5.51 Å². The predicted molar refractivity (Wildman–Crippen MR) is 154 cm³/mol. The van der Waals surface area contributed by atoms with E-state index in [1.54, 1.807) is 11.9 Å². The Bertz CT molecular complexity index is 1600. The number of likely N-dealkylation sites (N-methyl/N-ethyl adjacent to an activating group) is 1. The average Bonchev–Trinajstić information content (AvgIpc) is 2.94. The van der Waals surface area contributed by atoms with Crippen LogP contribution in [0.5, 0.6) is 0 Å². The fraction of sp³-hybridized carbons (Fsp3) is 0.296. The standard InChI is InChI=1S/C27H30F3N3O6S3/c1-33(15-16-34)14-13-19(18-40-20-7-3-2-4-8-20)32-23-12-11-21(17-25(23)42(38,39)27(28,29)30)41(36,37)24-10-6-5-9-22(24)26(31)35/h2-12,17,19,32,34H,13-16,18H2,1H3,(H2,31,35). The van der Waals surface area contributed by atoms with Crippen LogP contribution in [0, 0.1) is 0 Å². The van der Waals surface area contributed by atoms with Crippen molar-refractivity contribution in [3.05, 3.63) is 78.4 Å². The number of anilines is 1. The van der Waals surface area contributed by atoms with Crippen LogP contribution in [0.4, 0.5) is 18.9 Å². The molecule has 0 fully saturated rings. The van der Waals surface area contributed by atoms with Gasteiger partial charge in [-0.15, -0.1) is 11.8 Å². The number of carbonyl (C=O) groups excluding carboxylic acids is 1. The molecular weight excluding hydrogens is 616 g/mol. The molecule has 42 heavy (non-hydrogen) atoms. The van der Waals surface area contributed by atoms with Crippen LogP contribution < -0.4 is 11.1 Å². The number of halogens is 3. The maximum absolute atomic E-state index is 13.8. The first kappa shape index (κ1) is 33.4. The van der Waals surface area contributed by atoms with Crippen molar-refractivity contribution in [3.63, 3.8) is 0 Å². The van der Waals surface area contributed by atoms with Gasteiger partial charge in [-0.2, -0.15) is 13.2 Å². The minimum Gasteiger partial charge on any atom is -0.395 e. The van der Waals surface area contributed by atoms with Crippen molar-refractivity contribution in [3.8, 4) is 0 Å². The van der Waals surface area contributed by atoms with Crippen molar-refractivity contribution in [1.82, 2.24) is 4.90 Å². The summed E-state index contributed by atoms with van der Waals surface area (Å²) in [6.07, 6.45) is 0.355. The van der Waals surface area contributed by atoms with Crippen LogP contribution in [0.3, 0.4) is 0 Å². The number of nitrogens with zero attached hydrogens (tertiary/aromatic N) is 1. The van der Waals surface area contributed by atoms with E-state index in [1.165, 1.54) is 23.9 Å². The van der Waals surface area contributed by atoms with Gasteiger partial charge < -0.3 is 21.1 Å². The van der Waals surface area contributed by atoms with E-state index in [-0.39, 0.29) is 6.61 Å². The van der Waals surface area contributed by atoms with E-state index in [0.29, 0.717) is 31.3 Å². The van der Waals surface area contributed by atoms with Crippen molar-refractivity contribution in [2.24, 2.45) is 5.73 Å². The lowest BCUT2D eigenvalue weighted by Crippen LogP contribution is -2.32. The highest BCUT2D eigenvalue weighted by Gasteiger charge is 2.48. The zero-order chi connectivity index (χ0) is 31.1. The number of sulfone groups is 2. The largest absolute Gasteiger partial charge is 0.501 e. The maximum atomic E-state index is 13.8. The van der Waals surface area contributed by atoms with Gasteiger partial charge in [0.05, 0.1) is 27.6 Å².